The summed E-state index contributed by atoms with van der Waals surface area (Å²) in [6.07, 6.45) is 1.49. The SMILES string of the molecule is O=[N+]([O-])c1ccc(N2CC(CO)C2)cn1. The van der Waals surface area contributed by atoms with Crippen LogP contribution in [0.25, 0.3) is 0 Å². The Hall–Kier alpha value is -1.69. The average Bonchev–Trinajstić information content (AvgIpc) is 2.17. The number of nitrogens with zero attached hydrogens (tertiary/aromatic N) is 3. The van der Waals surface area contributed by atoms with E-state index in [9.17, 15) is 10.1 Å². The molecule has 6 heteroatoms. The third kappa shape index (κ3) is 1.89. The summed E-state index contributed by atoms with van der Waals surface area (Å²) >= 11 is 0. The molecule has 1 N–H and O–H groups in total. The fourth-order valence-corrected chi connectivity index (χ4v) is 1.57. The highest BCUT2D eigenvalue weighted by Gasteiger charge is 2.27. The molecule has 15 heavy (non-hydrogen) atoms. The molecule has 0 radical (unpaired) electrons. The summed E-state index contributed by atoms with van der Waals surface area (Å²) in [5.74, 6) is 0.179. The molecule has 0 aliphatic carbocycles. The minimum atomic E-state index is -0.517. The van der Waals surface area contributed by atoms with Gasteiger partial charge < -0.3 is 20.1 Å². The van der Waals surface area contributed by atoms with Crippen molar-refractivity contribution in [3.63, 3.8) is 0 Å². The maximum absolute atomic E-state index is 10.4. The maximum atomic E-state index is 10.4. The first kappa shape index (κ1) is 9.85. The predicted octanol–water partition coefficient (Wildman–Crippen LogP) is 0.418. The van der Waals surface area contributed by atoms with E-state index in [-0.39, 0.29) is 12.4 Å². The van der Waals surface area contributed by atoms with Gasteiger partial charge in [-0.2, -0.15) is 0 Å². The number of anilines is 1. The molecule has 1 aliphatic heterocycles. The second kappa shape index (κ2) is 3.82. The summed E-state index contributed by atoms with van der Waals surface area (Å²) in [6.45, 7) is 1.77. The third-order valence-electron chi connectivity index (χ3n) is 2.50. The van der Waals surface area contributed by atoms with Crippen molar-refractivity contribution in [2.75, 3.05) is 24.6 Å². The number of aliphatic hydroxyl groups is 1. The van der Waals surface area contributed by atoms with Crippen LogP contribution in [-0.2, 0) is 0 Å². The molecular weight excluding hydrogens is 198 g/mol. The molecule has 0 bridgehead atoms. The first-order chi connectivity index (χ1) is 7.20. The predicted molar refractivity (Wildman–Crippen MR) is 53.7 cm³/mol. The van der Waals surface area contributed by atoms with Gasteiger partial charge in [-0.25, -0.2) is 0 Å². The smallest absolute Gasteiger partial charge is 0.363 e. The van der Waals surface area contributed by atoms with Crippen LogP contribution in [0.1, 0.15) is 0 Å². The van der Waals surface area contributed by atoms with Crippen LogP contribution >= 0.6 is 0 Å². The standard InChI is InChI=1S/C9H11N3O3/c13-6-7-4-11(5-7)8-1-2-9(10-3-8)12(14)15/h1-3,7,13H,4-6H2. The number of aromatic nitrogens is 1. The van der Waals surface area contributed by atoms with Crippen LogP contribution < -0.4 is 4.90 Å². The van der Waals surface area contributed by atoms with Gasteiger partial charge in [-0.15, -0.1) is 0 Å². The lowest BCUT2D eigenvalue weighted by Crippen LogP contribution is -2.48. The van der Waals surface area contributed by atoms with Crippen molar-refractivity contribution in [2.45, 2.75) is 0 Å². The lowest BCUT2D eigenvalue weighted by Gasteiger charge is -2.39. The third-order valence-corrected chi connectivity index (χ3v) is 2.50. The second-order valence-corrected chi connectivity index (χ2v) is 3.59. The molecule has 2 heterocycles. The zero-order valence-corrected chi connectivity index (χ0v) is 8.04. The number of nitro groups is 1. The van der Waals surface area contributed by atoms with Crippen molar-refractivity contribution in [3.8, 4) is 0 Å². The van der Waals surface area contributed by atoms with Crippen LogP contribution in [0.3, 0.4) is 0 Å². The van der Waals surface area contributed by atoms with Crippen LogP contribution in [0, 0.1) is 16.0 Å². The van der Waals surface area contributed by atoms with E-state index >= 15 is 0 Å². The molecule has 0 spiro atoms. The molecule has 1 fully saturated rings. The van der Waals surface area contributed by atoms with Gasteiger partial charge in [-0.3, -0.25) is 0 Å². The Labute approximate surface area is 86.3 Å². The summed E-state index contributed by atoms with van der Waals surface area (Å²) in [4.78, 5) is 15.6. The van der Waals surface area contributed by atoms with Gasteiger partial charge in [-0.05, 0) is 16.0 Å². The van der Waals surface area contributed by atoms with E-state index in [1.165, 1.54) is 12.3 Å². The molecule has 1 aliphatic rings. The molecule has 1 saturated heterocycles. The minimum absolute atomic E-state index is 0.141. The minimum Gasteiger partial charge on any atom is -0.396 e. The van der Waals surface area contributed by atoms with Gasteiger partial charge >= 0.3 is 5.82 Å². The molecule has 80 valence electrons. The highest BCUT2D eigenvalue weighted by molar-refractivity contribution is 5.48. The van der Waals surface area contributed by atoms with Gasteiger partial charge in [0.15, 0.2) is 6.20 Å². The lowest BCUT2D eigenvalue weighted by molar-refractivity contribution is -0.389. The van der Waals surface area contributed by atoms with Crippen molar-refractivity contribution in [3.05, 3.63) is 28.4 Å². The molecule has 0 aromatic carbocycles. The summed E-state index contributed by atoms with van der Waals surface area (Å²) in [5.41, 5.74) is 0.866. The van der Waals surface area contributed by atoms with Crippen molar-refractivity contribution in [1.82, 2.24) is 4.98 Å². The van der Waals surface area contributed by atoms with E-state index in [4.69, 9.17) is 5.11 Å². The van der Waals surface area contributed by atoms with E-state index in [0.717, 1.165) is 18.8 Å². The monoisotopic (exact) mass is 209 g/mol. The number of rotatable bonds is 3. The molecule has 2 rings (SSSR count). The van der Waals surface area contributed by atoms with Gasteiger partial charge in [0.05, 0.1) is 5.69 Å². The number of hydrogen-bond donors (Lipinski definition) is 1. The molecule has 1 aromatic heterocycles. The topological polar surface area (TPSA) is 79.5 Å². The Balaban J connectivity index is 2.02. The molecule has 0 atom stereocenters. The number of pyridine rings is 1. The van der Waals surface area contributed by atoms with Crippen molar-refractivity contribution in [2.24, 2.45) is 5.92 Å². The Morgan fingerprint density at radius 3 is 2.80 bits per heavy atom. The van der Waals surface area contributed by atoms with Crippen LogP contribution in [0.4, 0.5) is 11.5 Å². The van der Waals surface area contributed by atoms with Crippen molar-refractivity contribution in [1.29, 1.82) is 0 Å². The molecule has 6 nitrogen and oxygen atoms in total. The van der Waals surface area contributed by atoms with Crippen molar-refractivity contribution < 1.29 is 10.0 Å². The lowest BCUT2D eigenvalue weighted by atomic mass is 10.0. The first-order valence-electron chi connectivity index (χ1n) is 4.67. The van der Waals surface area contributed by atoms with E-state index < -0.39 is 4.92 Å². The second-order valence-electron chi connectivity index (χ2n) is 3.59. The van der Waals surface area contributed by atoms with Gasteiger partial charge in [0.1, 0.15) is 0 Å². The fourth-order valence-electron chi connectivity index (χ4n) is 1.57. The van der Waals surface area contributed by atoms with Crippen LogP contribution in [0.2, 0.25) is 0 Å². The van der Waals surface area contributed by atoms with E-state index in [0.29, 0.717) is 5.92 Å². The normalized spacial score (nSPS) is 16.2. The Morgan fingerprint density at radius 2 is 2.33 bits per heavy atom. The van der Waals surface area contributed by atoms with Crippen LogP contribution in [0.15, 0.2) is 18.3 Å². The van der Waals surface area contributed by atoms with Gasteiger partial charge in [-0.1, -0.05) is 0 Å². The summed E-state index contributed by atoms with van der Waals surface area (Å²) < 4.78 is 0. The van der Waals surface area contributed by atoms with Crippen LogP contribution in [-0.4, -0.2) is 34.7 Å². The molecular formula is C9H11N3O3. The molecule has 1 aromatic rings. The molecule has 0 amide bonds. The highest BCUT2D eigenvalue weighted by atomic mass is 16.6. The van der Waals surface area contributed by atoms with Crippen LogP contribution in [0.5, 0.6) is 0 Å². The fraction of sp³-hybridized carbons (Fsp3) is 0.444. The van der Waals surface area contributed by atoms with Gasteiger partial charge in [0.25, 0.3) is 0 Å². The summed E-state index contributed by atoms with van der Waals surface area (Å²) in [5, 5.41) is 19.2. The summed E-state index contributed by atoms with van der Waals surface area (Å²) in [6, 6.07) is 3.07. The Bertz CT molecular complexity index is 359. The highest BCUT2D eigenvalue weighted by Crippen LogP contribution is 2.24. The largest absolute Gasteiger partial charge is 0.396 e. The quantitative estimate of drug-likeness (QED) is 0.576. The van der Waals surface area contributed by atoms with Gasteiger partial charge in [0.2, 0.25) is 0 Å². The van der Waals surface area contributed by atoms with E-state index in [1.54, 1.807) is 6.07 Å². The summed E-state index contributed by atoms with van der Waals surface area (Å²) in [7, 11) is 0. The number of hydrogen-bond acceptors (Lipinski definition) is 5. The Kier molecular flexibility index (Phi) is 2.51. The molecule has 0 unspecified atom stereocenters. The van der Waals surface area contributed by atoms with Gasteiger partial charge in [0, 0.05) is 31.7 Å². The van der Waals surface area contributed by atoms with E-state index in [2.05, 4.69) is 4.98 Å². The first-order valence-corrected chi connectivity index (χ1v) is 4.67. The zero-order chi connectivity index (χ0) is 10.8. The molecule has 0 saturated carbocycles. The maximum Gasteiger partial charge on any atom is 0.363 e. The Morgan fingerprint density at radius 1 is 1.60 bits per heavy atom. The number of aliphatic hydroxyl groups excluding tert-OH is 1. The van der Waals surface area contributed by atoms with Crippen molar-refractivity contribution >= 4 is 11.5 Å². The average molecular weight is 209 g/mol. The van der Waals surface area contributed by atoms with E-state index in [1.807, 2.05) is 4.90 Å². The zero-order valence-electron chi connectivity index (χ0n) is 8.04.